The van der Waals surface area contributed by atoms with Crippen molar-refractivity contribution in [1.29, 1.82) is 0 Å². The highest BCUT2D eigenvalue weighted by atomic mass is 35.5. The maximum atomic E-state index is 11.9. The zero-order chi connectivity index (χ0) is 14.6. The Kier molecular flexibility index (Phi) is 5.26. The van der Waals surface area contributed by atoms with Crippen LogP contribution < -0.4 is 5.32 Å². The van der Waals surface area contributed by atoms with Crippen molar-refractivity contribution in [1.82, 2.24) is 5.32 Å². The fraction of sp³-hybridized carbons (Fsp3) is 0.417. The zero-order valence-electron chi connectivity index (χ0n) is 10.6. The number of nitrogens with zero attached hydrogens (tertiary/aromatic N) is 1. The van der Waals surface area contributed by atoms with E-state index in [2.05, 4.69) is 5.32 Å². The van der Waals surface area contributed by atoms with Crippen molar-refractivity contribution < 1.29 is 14.8 Å². The molecule has 104 valence electrons. The first-order valence-electron chi connectivity index (χ1n) is 5.72. The van der Waals surface area contributed by atoms with Crippen molar-refractivity contribution in [3.8, 4) is 0 Å². The third-order valence-electron chi connectivity index (χ3n) is 2.91. The van der Waals surface area contributed by atoms with E-state index in [0.717, 1.165) is 6.07 Å². The van der Waals surface area contributed by atoms with Gasteiger partial charge in [-0.1, -0.05) is 18.5 Å². The van der Waals surface area contributed by atoms with Crippen LogP contribution in [0.2, 0.25) is 5.02 Å². The first kappa shape index (κ1) is 15.4. The molecular formula is C12H15ClN2O4. The standard InChI is InChI=1S/C12H15ClN2O4/c1-7(6-16)8(2)14-12(17)10-4-3-9(15(18)19)5-11(10)13/h3-5,7-8,16H,6H2,1-2H3,(H,14,17). The van der Waals surface area contributed by atoms with E-state index in [4.69, 9.17) is 16.7 Å². The molecule has 0 heterocycles. The minimum Gasteiger partial charge on any atom is -0.396 e. The Bertz CT molecular complexity index is 493. The van der Waals surface area contributed by atoms with Gasteiger partial charge in [-0.3, -0.25) is 14.9 Å². The summed E-state index contributed by atoms with van der Waals surface area (Å²) >= 11 is 5.85. The molecule has 1 amide bonds. The molecule has 2 atom stereocenters. The van der Waals surface area contributed by atoms with Crippen molar-refractivity contribution in [3.63, 3.8) is 0 Å². The molecule has 0 aliphatic rings. The predicted molar refractivity (Wildman–Crippen MR) is 71.3 cm³/mol. The second-order valence-corrected chi connectivity index (χ2v) is 4.75. The van der Waals surface area contributed by atoms with Crippen LogP contribution in [0.1, 0.15) is 24.2 Å². The Hall–Kier alpha value is -1.66. The molecule has 0 saturated carbocycles. The first-order valence-corrected chi connectivity index (χ1v) is 6.10. The normalized spacial score (nSPS) is 13.7. The lowest BCUT2D eigenvalue weighted by atomic mass is 10.0. The number of aliphatic hydroxyl groups is 1. The molecule has 1 rings (SSSR count). The Labute approximate surface area is 115 Å². The summed E-state index contributed by atoms with van der Waals surface area (Å²) in [6.45, 7) is 3.51. The molecular weight excluding hydrogens is 272 g/mol. The fourth-order valence-corrected chi connectivity index (χ4v) is 1.65. The van der Waals surface area contributed by atoms with E-state index in [-0.39, 0.29) is 34.8 Å². The van der Waals surface area contributed by atoms with Crippen LogP contribution in [0.25, 0.3) is 0 Å². The number of nitro groups is 1. The van der Waals surface area contributed by atoms with Gasteiger partial charge in [0.1, 0.15) is 0 Å². The summed E-state index contributed by atoms with van der Waals surface area (Å²) in [4.78, 5) is 21.9. The summed E-state index contributed by atoms with van der Waals surface area (Å²) in [7, 11) is 0. The van der Waals surface area contributed by atoms with Crippen LogP contribution in [0.3, 0.4) is 0 Å². The number of hydrogen-bond donors (Lipinski definition) is 2. The number of rotatable bonds is 5. The highest BCUT2D eigenvalue weighted by molar-refractivity contribution is 6.34. The molecule has 1 aromatic rings. The molecule has 0 bridgehead atoms. The van der Waals surface area contributed by atoms with Gasteiger partial charge in [-0.2, -0.15) is 0 Å². The number of aliphatic hydroxyl groups excluding tert-OH is 1. The van der Waals surface area contributed by atoms with Gasteiger partial charge in [0.05, 0.1) is 15.5 Å². The average Bonchev–Trinajstić information content (AvgIpc) is 2.37. The Morgan fingerprint density at radius 3 is 2.63 bits per heavy atom. The number of halogens is 1. The van der Waals surface area contributed by atoms with Crippen LogP contribution in [0, 0.1) is 16.0 Å². The SMILES string of the molecule is CC(CO)C(C)NC(=O)c1ccc([N+](=O)[O-])cc1Cl. The quantitative estimate of drug-likeness (QED) is 0.639. The van der Waals surface area contributed by atoms with Gasteiger partial charge < -0.3 is 10.4 Å². The molecule has 7 heteroatoms. The van der Waals surface area contributed by atoms with Crippen LogP contribution >= 0.6 is 11.6 Å². The fourth-order valence-electron chi connectivity index (χ4n) is 1.39. The molecule has 0 aliphatic carbocycles. The molecule has 6 nitrogen and oxygen atoms in total. The number of amides is 1. The van der Waals surface area contributed by atoms with E-state index >= 15 is 0 Å². The lowest BCUT2D eigenvalue weighted by molar-refractivity contribution is -0.384. The maximum absolute atomic E-state index is 11.9. The van der Waals surface area contributed by atoms with Gasteiger partial charge in [-0.05, 0) is 18.9 Å². The molecule has 1 aromatic carbocycles. The van der Waals surface area contributed by atoms with Gasteiger partial charge in [0.15, 0.2) is 0 Å². The number of non-ortho nitro benzene ring substituents is 1. The second kappa shape index (κ2) is 6.49. The smallest absolute Gasteiger partial charge is 0.270 e. The molecule has 0 radical (unpaired) electrons. The summed E-state index contributed by atoms with van der Waals surface area (Å²) in [5.41, 5.74) is 0.00239. The van der Waals surface area contributed by atoms with E-state index in [1.54, 1.807) is 13.8 Å². The Morgan fingerprint density at radius 1 is 1.53 bits per heavy atom. The molecule has 2 unspecified atom stereocenters. The maximum Gasteiger partial charge on any atom is 0.270 e. The van der Waals surface area contributed by atoms with Crippen LogP contribution in [0.5, 0.6) is 0 Å². The van der Waals surface area contributed by atoms with Gasteiger partial charge in [0, 0.05) is 24.8 Å². The minimum absolute atomic E-state index is 0.0237. The second-order valence-electron chi connectivity index (χ2n) is 4.34. The van der Waals surface area contributed by atoms with Crippen molar-refractivity contribution in [2.45, 2.75) is 19.9 Å². The highest BCUT2D eigenvalue weighted by Crippen LogP contribution is 2.22. The van der Waals surface area contributed by atoms with Crippen LogP contribution in [0.4, 0.5) is 5.69 Å². The molecule has 0 aromatic heterocycles. The van der Waals surface area contributed by atoms with Crippen LogP contribution in [0.15, 0.2) is 18.2 Å². The number of carbonyl (C=O) groups excluding carboxylic acids is 1. The average molecular weight is 287 g/mol. The van der Waals surface area contributed by atoms with E-state index in [1.165, 1.54) is 12.1 Å². The summed E-state index contributed by atoms with van der Waals surface area (Å²) < 4.78 is 0. The molecule has 0 aliphatic heterocycles. The summed E-state index contributed by atoms with van der Waals surface area (Å²) in [6.07, 6.45) is 0. The first-order chi connectivity index (χ1) is 8.86. The Balaban J connectivity index is 2.86. The zero-order valence-corrected chi connectivity index (χ0v) is 11.3. The van der Waals surface area contributed by atoms with Gasteiger partial charge in [0.25, 0.3) is 11.6 Å². The third kappa shape index (κ3) is 3.90. The number of nitro benzene ring substituents is 1. The summed E-state index contributed by atoms with van der Waals surface area (Å²) in [5, 5.41) is 22.3. The van der Waals surface area contributed by atoms with Gasteiger partial charge in [-0.15, -0.1) is 0 Å². The van der Waals surface area contributed by atoms with Crippen molar-refractivity contribution in [2.75, 3.05) is 6.61 Å². The highest BCUT2D eigenvalue weighted by Gasteiger charge is 2.18. The largest absolute Gasteiger partial charge is 0.396 e. The molecule has 0 spiro atoms. The number of benzene rings is 1. The molecule has 0 saturated heterocycles. The summed E-state index contributed by atoms with van der Waals surface area (Å²) in [5.74, 6) is -0.520. The van der Waals surface area contributed by atoms with Gasteiger partial charge >= 0.3 is 0 Å². The van der Waals surface area contributed by atoms with Gasteiger partial charge in [0.2, 0.25) is 0 Å². The van der Waals surface area contributed by atoms with Crippen LogP contribution in [-0.4, -0.2) is 28.6 Å². The number of nitrogens with one attached hydrogen (secondary N) is 1. The summed E-state index contributed by atoms with van der Waals surface area (Å²) in [6, 6.07) is 3.44. The number of hydrogen-bond acceptors (Lipinski definition) is 4. The van der Waals surface area contributed by atoms with Gasteiger partial charge in [-0.25, -0.2) is 0 Å². The monoisotopic (exact) mass is 286 g/mol. The van der Waals surface area contributed by atoms with Crippen molar-refractivity contribution in [2.24, 2.45) is 5.92 Å². The molecule has 19 heavy (non-hydrogen) atoms. The van der Waals surface area contributed by atoms with Crippen molar-refractivity contribution in [3.05, 3.63) is 38.9 Å². The topological polar surface area (TPSA) is 92.5 Å². The van der Waals surface area contributed by atoms with E-state index < -0.39 is 10.8 Å². The lowest BCUT2D eigenvalue weighted by Crippen LogP contribution is -2.38. The molecule has 2 N–H and O–H groups in total. The van der Waals surface area contributed by atoms with Crippen molar-refractivity contribution >= 4 is 23.2 Å². The third-order valence-corrected chi connectivity index (χ3v) is 3.22. The molecule has 0 fully saturated rings. The van der Waals surface area contributed by atoms with Crippen LogP contribution in [-0.2, 0) is 0 Å². The number of carbonyl (C=O) groups is 1. The predicted octanol–water partition coefficient (Wildman–Crippen LogP) is 1.99. The minimum atomic E-state index is -0.579. The lowest BCUT2D eigenvalue weighted by Gasteiger charge is -2.19. The van der Waals surface area contributed by atoms with E-state index in [1.807, 2.05) is 0 Å². The Morgan fingerprint density at radius 2 is 2.16 bits per heavy atom. The van der Waals surface area contributed by atoms with E-state index in [0.29, 0.717) is 0 Å². The van der Waals surface area contributed by atoms with E-state index in [9.17, 15) is 14.9 Å².